The molecule has 0 radical (unpaired) electrons. The van der Waals surface area contributed by atoms with Gasteiger partial charge in [-0.05, 0) is 68.5 Å². The van der Waals surface area contributed by atoms with Gasteiger partial charge in [0.1, 0.15) is 0 Å². The number of aromatic nitrogens is 1. The van der Waals surface area contributed by atoms with Crippen molar-refractivity contribution in [3.8, 4) is 0 Å². The minimum Gasteiger partial charge on any atom is -0.353 e. The zero-order chi connectivity index (χ0) is 20.3. The number of nitrogens with zero attached hydrogens (tertiary/aromatic N) is 2. The number of aryl methyl sites for hydroxylation is 2. The van der Waals surface area contributed by atoms with Gasteiger partial charge < -0.3 is 4.98 Å². The van der Waals surface area contributed by atoms with E-state index in [1.165, 1.54) is 16.7 Å². The highest BCUT2D eigenvalue weighted by molar-refractivity contribution is 6.03. The Labute approximate surface area is 168 Å². The first-order chi connectivity index (χ1) is 13.4. The van der Waals surface area contributed by atoms with E-state index in [1.807, 2.05) is 19.9 Å². The van der Waals surface area contributed by atoms with Crippen molar-refractivity contribution >= 4 is 22.8 Å². The van der Waals surface area contributed by atoms with Gasteiger partial charge in [-0.25, -0.2) is 0 Å². The van der Waals surface area contributed by atoms with Gasteiger partial charge in [-0.15, -0.1) is 0 Å². The molecule has 0 spiro atoms. The van der Waals surface area contributed by atoms with Crippen LogP contribution in [0.1, 0.15) is 61.7 Å². The van der Waals surface area contributed by atoms with E-state index in [9.17, 15) is 0 Å². The molecule has 0 atom stereocenters. The summed E-state index contributed by atoms with van der Waals surface area (Å²) in [7, 11) is 0. The molecule has 144 valence electrons. The number of aromatic amines is 1. The van der Waals surface area contributed by atoms with Crippen molar-refractivity contribution < 1.29 is 0 Å². The number of H-pyrrole nitrogens is 1. The van der Waals surface area contributed by atoms with Gasteiger partial charge in [-0.1, -0.05) is 50.2 Å². The van der Waals surface area contributed by atoms with Gasteiger partial charge in [0.25, 0.3) is 0 Å². The molecule has 0 bridgehead atoms. The summed E-state index contributed by atoms with van der Waals surface area (Å²) >= 11 is 0. The quantitative estimate of drug-likeness (QED) is 0.467. The maximum absolute atomic E-state index is 4.88. The predicted octanol–water partition coefficient (Wildman–Crippen LogP) is 7.04. The maximum atomic E-state index is 4.88. The Balaban J connectivity index is 1.91. The number of nitrogens with one attached hydrogen (secondary N) is 1. The normalized spacial score (nSPS) is 12.7. The molecule has 0 saturated heterocycles. The standard InChI is InChI=1S/C25H29N3/c1-16(2)21-12-7-8-13-24(21)26-19(5)22-14-15-23(28-22)20(6)27-25-17(3)10-9-11-18(25)4/h7-16,28H,1-6H3. The number of rotatable bonds is 5. The van der Waals surface area contributed by atoms with Crippen molar-refractivity contribution in [3.63, 3.8) is 0 Å². The van der Waals surface area contributed by atoms with E-state index in [0.29, 0.717) is 5.92 Å². The highest BCUT2D eigenvalue weighted by Gasteiger charge is 2.09. The fraction of sp³-hybridized carbons (Fsp3) is 0.280. The van der Waals surface area contributed by atoms with Gasteiger partial charge >= 0.3 is 0 Å². The third-order valence-corrected chi connectivity index (χ3v) is 5.03. The number of hydrogen-bond acceptors (Lipinski definition) is 2. The highest BCUT2D eigenvalue weighted by atomic mass is 14.8. The molecule has 1 aromatic heterocycles. The first-order valence-electron chi connectivity index (χ1n) is 9.82. The fourth-order valence-electron chi connectivity index (χ4n) is 3.35. The second-order valence-corrected chi connectivity index (χ2v) is 7.63. The van der Waals surface area contributed by atoms with Crippen molar-refractivity contribution in [3.05, 3.63) is 82.7 Å². The van der Waals surface area contributed by atoms with Crippen LogP contribution in [0.15, 0.2) is 64.6 Å². The van der Waals surface area contributed by atoms with Crippen LogP contribution in [0, 0.1) is 13.8 Å². The van der Waals surface area contributed by atoms with Crippen molar-refractivity contribution in [1.82, 2.24) is 4.98 Å². The molecule has 3 heteroatoms. The van der Waals surface area contributed by atoms with Crippen molar-refractivity contribution in [2.24, 2.45) is 9.98 Å². The molecular weight excluding hydrogens is 342 g/mol. The largest absolute Gasteiger partial charge is 0.353 e. The van der Waals surface area contributed by atoms with E-state index in [0.717, 1.165) is 34.2 Å². The van der Waals surface area contributed by atoms with E-state index in [2.05, 4.69) is 81.2 Å². The summed E-state index contributed by atoms with van der Waals surface area (Å²) in [6, 6.07) is 18.8. The number of para-hydroxylation sites is 2. The highest BCUT2D eigenvalue weighted by Crippen LogP contribution is 2.27. The van der Waals surface area contributed by atoms with Gasteiger partial charge in [-0.2, -0.15) is 0 Å². The smallest absolute Gasteiger partial charge is 0.0692 e. The van der Waals surface area contributed by atoms with Gasteiger partial charge in [-0.3, -0.25) is 9.98 Å². The first-order valence-corrected chi connectivity index (χ1v) is 9.82. The van der Waals surface area contributed by atoms with Crippen LogP contribution in [0.3, 0.4) is 0 Å². The Kier molecular flexibility index (Phi) is 5.93. The molecule has 2 aromatic carbocycles. The molecule has 28 heavy (non-hydrogen) atoms. The molecule has 0 aliphatic rings. The van der Waals surface area contributed by atoms with E-state index >= 15 is 0 Å². The number of hydrogen-bond donors (Lipinski definition) is 1. The summed E-state index contributed by atoms with van der Waals surface area (Å²) in [5, 5.41) is 0. The lowest BCUT2D eigenvalue weighted by molar-refractivity contribution is 0.867. The Morgan fingerprint density at radius 1 is 0.750 bits per heavy atom. The third kappa shape index (κ3) is 4.30. The summed E-state index contributed by atoms with van der Waals surface area (Å²) in [6.07, 6.45) is 0. The lowest BCUT2D eigenvalue weighted by Crippen LogP contribution is -1.99. The molecule has 0 amide bonds. The molecule has 1 heterocycles. The molecule has 3 aromatic rings. The average Bonchev–Trinajstić information content (AvgIpc) is 3.15. The van der Waals surface area contributed by atoms with Gasteiger partial charge in [0, 0.05) is 0 Å². The second-order valence-electron chi connectivity index (χ2n) is 7.63. The monoisotopic (exact) mass is 371 g/mol. The predicted molar refractivity (Wildman–Crippen MR) is 121 cm³/mol. The van der Waals surface area contributed by atoms with Gasteiger partial charge in [0.15, 0.2) is 0 Å². The Morgan fingerprint density at radius 2 is 1.32 bits per heavy atom. The Morgan fingerprint density at radius 3 is 1.93 bits per heavy atom. The van der Waals surface area contributed by atoms with E-state index in [1.54, 1.807) is 0 Å². The molecule has 3 nitrogen and oxygen atoms in total. The zero-order valence-electron chi connectivity index (χ0n) is 17.7. The zero-order valence-corrected chi connectivity index (χ0v) is 17.7. The van der Waals surface area contributed by atoms with Crippen LogP contribution in [0.5, 0.6) is 0 Å². The number of aliphatic imine (C=N–C) groups is 2. The molecule has 0 fully saturated rings. The van der Waals surface area contributed by atoms with E-state index < -0.39 is 0 Å². The van der Waals surface area contributed by atoms with E-state index in [-0.39, 0.29) is 0 Å². The minimum absolute atomic E-state index is 0.443. The fourth-order valence-corrected chi connectivity index (χ4v) is 3.35. The Bertz CT molecular complexity index is 1020. The van der Waals surface area contributed by atoms with E-state index in [4.69, 9.17) is 9.98 Å². The van der Waals surface area contributed by atoms with Gasteiger partial charge in [0.05, 0.1) is 34.2 Å². The van der Waals surface area contributed by atoms with Gasteiger partial charge in [0.2, 0.25) is 0 Å². The summed E-state index contributed by atoms with van der Waals surface area (Å²) in [5.41, 5.74) is 9.71. The van der Waals surface area contributed by atoms with Crippen LogP contribution >= 0.6 is 0 Å². The van der Waals surface area contributed by atoms with Crippen LogP contribution in [-0.2, 0) is 0 Å². The molecule has 0 aliphatic heterocycles. The number of benzene rings is 2. The summed E-state index contributed by atoms with van der Waals surface area (Å²) in [5.74, 6) is 0.443. The lowest BCUT2D eigenvalue weighted by Gasteiger charge is -2.09. The molecule has 3 rings (SSSR count). The van der Waals surface area contributed by atoms with Crippen LogP contribution in [0.4, 0.5) is 11.4 Å². The minimum atomic E-state index is 0.443. The van der Waals surface area contributed by atoms with Crippen LogP contribution in [0.2, 0.25) is 0 Å². The molecule has 0 aliphatic carbocycles. The molecular formula is C25H29N3. The summed E-state index contributed by atoms with van der Waals surface area (Å²) in [4.78, 5) is 13.2. The van der Waals surface area contributed by atoms with Crippen LogP contribution in [-0.4, -0.2) is 16.4 Å². The van der Waals surface area contributed by atoms with Crippen molar-refractivity contribution in [2.75, 3.05) is 0 Å². The second kappa shape index (κ2) is 8.39. The third-order valence-electron chi connectivity index (χ3n) is 5.03. The first kappa shape index (κ1) is 19.8. The summed E-state index contributed by atoms with van der Waals surface area (Å²) in [6.45, 7) is 12.7. The molecule has 1 N–H and O–H groups in total. The lowest BCUT2D eigenvalue weighted by atomic mass is 10.0. The molecule has 0 saturated carbocycles. The molecule has 0 unspecified atom stereocenters. The van der Waals surface area contributed by atoms with Crippen molar-refractivity contribution in [1.29, 1.82) is 0 Å². The van der Waals surface area contributed by atoms with Crippen molar-refractivity contribution in [2.45, 2.75) is 47.5 Å². The maximum Gasteiger partial charge on any atom is 0.0692 e. The topological polar surface area (TPSA) is 40.5 Å². The SMILES string of the molecule is CC(=Nc1ccccc1C(C)C)c1ccc(C(C)=Nc2c(C)cccc2C)[nH]1. The Hall–Kier alpha value is -2.94. The van der Waals surface area contributed by atoms with Crippen LogP contribution in [0.25, 0.3) is 0 Å². The average molecular weight is 372 g/mol. The summed E-state index contributed by atoms with van der Waals surface area (Å²) < 4.78 is 0. The van der Waals surface area contributed by atoms with Crippen LogP contribution < -0.4 is 0 Å².